The predicted octanol–water partition coefficient (Wildman–Crippen LogP) is 2.79. The highest BCUT2D eigenvalue weighted by atomic mass is 19.1. The number of rotatable bonds is 6. The molecular weight excluding hydrogens is 413 g/mol. The van der Waals surface area contributed by atoms with Crippen molar-refractivity contribution in [2.45, 2.75) is 18.8 Å². The summed E-state index contributed by atoms with van der Waals surface area (Å²) in [4.78, 5) is 39.6. The molecule has 4 rings (SSSR count). The maximum atomic E-state index is 13.5. The average molecular weight is 439 g/mol. The van der Waals surface area contributed by atoms with Gasteiger partial charge in [0.1, 0.15) is 5.82 Å². The topological polar surface area (TPSA) is 87.7 Å². The van der Waals surface area contributed by atoms with Gasteiger partial charge < -0.3 is 20.3 Å². The van der Waals surface area contributed by atoms with E-state index in [0.717, 1.165) is 11.3 Å². The molecule has 2 aromatic carbocycles. The number of methoxy groups -OCH3 is 1. The quantitative estimate of drug-likeness (QED) is 0.678. The van der Waals surface area contributed by atoms with E-state index in [1.807, 2.05) is 0 Å². The number of fused-ring (bicyclic) bond motifs is 1. The zero-order valence-electron chi connectivity index (χ0n) is 17.9. The molecule has 1 fully saturated rings. The number of ether oxygens (including phenoxy) is 1. The largest absolute Gasteiger partial charge is 0.383 e. The van der Waals surface area contributed by atoms with Gasteiger partial charge in [-0.1, -0.05) is 6.07 Å². The highest BCUT2D eigenvalue weighted by molar-refractivity contribution is 6.05. The number of halogens is 1. The Morgan fingerprint density at radius 2 is 1.94 bits per heavy atom. The number of nitrogens with one attached hydrogen (secondary N) is 2. The molecule has 1 atom stereocenters. The summed E-state index contributed by atoms with van der Waals surface area (Å²) in [5.74, 6) is -1.23. The van der Waals surface area contributed by atoms with E-state index in [4.69, 9.17) is 4.74 Å². The van der Waals surface area contributed by atoms with Crippen LogP contribution in [0, 0.1) is 11.7 Å². The molecule has 2 heterocycles. The normalized spacial score (nSPS) is 18.2. The fraction of sp³-hybridized carbons (Fsp3) is 0.375. The highest BCUT2D eigenvalue weighted by Crippen LogP contribution is 2.42. The molecule has 0 bridgehead atoms. The monoisotopic (exact) mass is 439 g/mol. The number of carbonyl (C=O) groups excluding carboxylic acids is 3. The molecule has 1 saturated heterocycles. The van der Waals surface area contributed by atoms with Gasteiger partial charge in [-0.25, -0.2) is 4.39 Å². The maximum Gasteiger partial charge on any atom is 0.253 e. The number of hydrogen-bond acceptors (Lipinski definition) is 4. The number of hydrogen-bond donors (Lipinski definition) is 2. The molecule has 0 spiro atoms. The molecule has 7 nitrogen and oxygen atoms in total. The zero-order chi connectivity index (χ0) is 22.7. The second-order valence-electron chi connectivity index (χ2n) is 8.16. The number of amides is 3. The first-order valence-electron chi connectivity index (χ1n) is 10.7. The smallest absolute Gasteiger partial charge is 0.253 e. The molecule has 2 N–H and O–H groups in total. The average Bonchev–Trinajstić information content (AvgIpc) is 3.13. The Morgan fingerprint density at radius 3 is 2.66 bits per heavy atom. The fourth-order valence-electron chi connectivity index (χ4n) is 4.50. The molecule has 168 valence electrons. The van der Waals surface area contributed by atoms with Gasteiger partial charge in [-0.3, -0.25) is 14.4 Å². The third-order valence-corrected chi connectivity index (χ3v) is 6.15. The van der Waals surface area contributed by atoms with E-state index in [2.05, 4.69) is 10.6 Å². The molecule has 2 aromatic rings. The van der Waals surface area contributed by atoms with Gasteiger partial charge in [0, 0.05) is 43.6 Å². The summed E-state index contributed by atoms with van der Waals surface area (Å²) in [7, 11) is 1.57. The first-order chi connectivity index (χ1) is 15.5. The lowest BCUT2D eigenvalue weighted by atomic mass is 9.80. The van der Waals surface area contributed by atoms with Gasteiger partial charge in [0.15, 0.2) is 0 Å². The molecular formula is C24H26FN3O4. The summed E-state index contributed by atoms with van der Waals surface area (Å²) in [5.41, 5.74) is 2.38. The Kier molecular flexibility index (Phi) is 6.50. The second-order valence-corrected chi connectivity index (χ2v) is 8.16. The van der Waals surface area contributed by atoms with Crippen molar-refractivity contribution in [1.29, 1.82) is 0 Å². The third-order valence-electron chi connectivity index (χ3n) is 6.15. The van der Waals surface area contributed by atoms with Crippen LogP contribution in [0.4, 0.5) is 10.1 Å². The van der Waals surface area contributed by atoms with Crippen LogP contribution in [0.25, 0.3) is 0 Å². The zero-order valence-corrected chi connectivity index (χ0v) is 17.9. The predicted molar refractivity (Wildman–Crippen MR) is 117 cm³/mol. The minimum absolute atomic E-state index is 0.0552. The Morgan fingerprint density at radius 1 is 1.16 bits per heavy atom. The molecule has 0 aliphatic carbocycles. The summed E-state index contributed by atoms with van der Waals surface area (Å²) in [5, 5.41) is 5.71. The van der Waals surface area contributed by atoms with Crippen molar-refractivity contribution in [2.24, 2.45) is 5.92 Å². The Hall–Kier alpha value is -3.26. The van der Waals surface area contributed by atoms with E-state index in [1.54, 1.807) is 36.3 Å². The van der Waals surface area contributed by atoms with Crippen molar-refractivity contribution in [1.82, 2.24) is 10.2 Å². The third kappa shape index (κ3) is 4.50. The van der Waals surface area contributed by atoms with Crippen LogP contribution < -0.4 is 10.6 Å². The lowest BCUT2D eigenvalue weighted by Gasteiger charge is -2.34. The van der Waals surface area contributed by atoms with Crippen LogP contribution in [-0.4, -0.2) is 56.0 Å². The summed E-state index contributed by atoms with van der Waals surface area (Å²) in [6, 6.07) is 10.9. The van der Waals surface area contributed by atoms with E-state index in [9.17, 15) is 18.8 Å². The SMILES string of the molecule is COCCNC(=O)c1ccc2c(c1)[C@@H](C1CCN(C(=O)c3cccc(F)c3)CC1)C(=O)N2. The van der Waals surface area contributed by atoms with Gasteiger partial charge in [0.05, 0.1) is 12.5 Å². The van der Waals surface area contributed by atoms with E-state index in [-0.39, 0.29) is 29.6 Å². The summed E-state index contributed by atoms with van der Waals surface area (Å²) < 4.78 is 18.4. The van der Waals surface area contributed by atoms with Gasteiger partial charge in [-0.2, -0.15) is 0 Å². The maximum absolute atomic E-state index is 13.5. The first kappa shape index (κ1) is 22.0. The fourth-order valence-corrected chi connectivity index (χ4v) is 4.50. The molecule has 2 aliphatic heterocycles. The number of anilines is 1. The van der Waals surface area contributed by atoms with E-state index < -0.39 is 5.82 Å². The van der Waals surface area contributed by atoms with Crippen LogP contribution in [0.3, 0.4) is 0 Å². The van der Waals surface area contributed by atoms with Crippen LogP contribution in [0.15, 0.2) is 42.5 Å². The number of piperidine rings is 1. The van der Waals surface area contributed by atoms with Gasteiger partial charge in [-0.15, -0.1) is 0 Å². The van der Waals surface area contributed by atoms with Gasteiger partial charge in [0.25, 0.3) is 11.8 Å². The molecule has 2 aliphatic rings. The van der Waals surface area contributed by atoms with Gasteiger partial charge >= 0.3 is 0 Å². The standard InChI is InChI=1S/C24H26FN3O4/c1-32-12-9-26-22(29)16-5-6-20-19(14-16)21(23(30)27-20)15-7-10-28(11-8-15)24(31)17-3-2-4-18(25)13-17/h2-6,13-15,21H,7-12H2,1H3,(H,26,29)(H,27,30)/t21-/m1/s1. The lowest BCUT2D eigenvalue weighted by Crippen LogP contribution is -2.40. The van der Waals surface area contributed by atoms with Crippen molar-refractivity contribution < 1.29 is 23.5 Å². The highest BCUT2D eigenvalue weighted by Gasteiger charge is 2.39. The molecule has 0 aromatic heterocycles. The van der Waals surface area contributed by atoms with Crippen LogP contribution in [0.2, 0.25) is 0 Å². The number of nitrogens with zero attached hydrogens (tertiary/aromatic N) is 1. The molecule has 0 unspecified atom stereocenters. The van der Waals surface area contributed by atoms with E-state index >= 15 is 0 Å². The summed E-state index contributed by atoms with van der Waals surface area (Å²) in [6.45, 7) is 1.82. The van der Waals surface area contributed by atoms with Gasteiger partial charge in [0.2, 0.25) is 5.91 Å². The summed E-state index contributed by atoms with van der Waals surface area (Å²) >= 11 is 0. The first-order valence-corrected chi connectivity index (χ1v) is 10.7. The molecule has 32 heavy (non-hydrogen) atoms. The van der Waals surface area contributed by atoms with E-state index in [1.165, 1.54) is 18.2 Å². The lowest BCUT2D eigenvalue weighted by molar-refractivity contribution is -0.118. The minimum Gasteiger partial charge on any atom is -0.383 e. The van der Waals surface area contributed by atoms with Crippen LogP contribution in [0.5, 0.6) is 0 Å². The van der Waals surface area contributed by atoms with E-state index in [0.29, 0.717) is 50.2 Å². The summed E-state index contributed by atoms with van der Waals surface area (Å²) in [6.07, 6.45) is 1.31. The van der Waals surface area contributed by atoms with Crippen molar-refractivity contribution in [3.8, 4) is 0 Å². The number of likely N-dealkylation sites (tertiary alicyclic amines) is 1. The van der Waals surface area contributed by atoms with Gasteiger partial charge in [-0.05, 0) is 60.7 Å². The second kappa shape index (κ2) is 9.48. The minimum atomic E-state index is -0.438. The van der Waals surface area contributed by atoms with Crippen LogP contribution in [-0.2, 0) is 9.53 Å². The van der Waals surface area contributed by atoms with Crippen LogP contribution >= 0.6 is 0 Å². The van der Waals surface area contributed by atoms with Crippen molar-refractivity contribution >= 4 is 23.4 Å². The Bertz CT molecular complexity index is 1030. The number of benzene rings is 2. The molecule has 0 saturated carbocycles. The number of carbonyl (C=O) groups is 3. The molecule has 0 radical (unpaired) electrons. The Labute approximate surface area is 185 Å². The molecule has 8 heteroatoms. The van der Waals surface area contributed by atoms with Crippen molar-refractivity contribution in [3.05, 3.63) is 65.0 Å². The molecule has 3 amide bonds. The van der Waals surface area contributed by atoms with Crippen molar-refractivity contribution in [3.63, 3.8) is 0 Å². The Balaban J connectivity index is 1.44. The van der Waals surface area contributed by atoms with Crippen molar-refractivity contribution in [2.75, 3.05) is 38.7 Å². The van der Waals surface area contributed by atoms with Crippen LogP contribution in [0.1, 0.15) is 45.0 Å².